The number of aromatic amines is 1. The monoisotopic (exact) mass is 357 g/mol. The SMILES string of the molecule is C#CCn1nc(CNC(=O)c2ccc3nc[nH]c3c2)c2ccccc2c1=O. The number of benzene rings is 2. The number of carbonyl (C=O) groups is 1. The molecule has 2 heterocycles. The first-order chi connectivity index (χ1) is 13.2. The highest BCUT2D eigenvalue weighted by Gasteiger charge is 2.12. The maximum atomic E-state index is 12.5. The van der Waals surface area contributed by atoms with Crippen molar-refractivity contribution in [3.05, 3.63) is 70.4 Å². The minimum absolute atomic E-state index is 0.0705. The molecule has 0 fully saturated rings. The predicted molar refractivity (Wildman–Crippen MR) is 102 cm³/mol. The number of fused-ring (bicyclic) bond motifs is 2. The van der Waals surface area contributed by atoms with E-state index in [1.165, 1.54) is 4.68 Å². The van der Waals surface area contributed by atoms with Crippen LogP contribution in [0.15, 0.2) is 53.6 Å². The first-order valence-electron chi connectivity index (χ1n) is 8.31. The third kappa shape index (κ3) is 3.04. The molecule has 27 heavy (non-hydrogen) atoms. The second-order valence-corrected chi connectivity index (χ2v) is 5.98. The molecule has 4 rings (SSSR count). The summed E-state index contributed by atoms with van der Waals surface area (Å²) >= 11 is 0. The number of H-pyrrole nitrogens is 1. The standard InChI is InChI=1S/C20H15N5O2/c1-2-9-25-20(27)15-6-4-3-5-14(15)18(24-25)11-21-19(26)13-7-8-16-17(10-13)23-12-22-16/h1,3-8,10,12H,9,11H2,(H,21,26)(H,22,23). The van der Waals surface area contributed by atoms with Crippen LogP contribution in [0.25, 0.3) is 21.8 Å². The topological polar surface area (TPSA) is 92.7 Å². The number of nitrogens with one attached hydrogen (secondary N) is 2. The Bertz CT molecular complexity index is 1260. The van der Waals surface area contributed by atoms with Crippen LogP contribution in [0.1, 0.15) is 16.1 Å². The van der Waals surface area contributed by atoms with Gasteiger partial charge in [0.2, 0.25) is 0 Å². The van der Waals surface area contributed by atoms with Gasteiger partial charge in [-0.1, -0.05) is 24.1 Å². The summed E-state index contributed by atoms with van der Waals surface area (Å²) in [4.78, 5) is 32.1. The molecule has 132 valence electrons. The molecular weight excluding hydrogens is 342 g/mol. The Morgan fingerprint density at radius 3 is 2.85 bits per heavy atom. The number of imidazole rings is 1. The summed E-state index contributed by atoms with van der Waals surface area (Å²) in [6, 6.07) is 12.4. The van der Waals surface area contributed by atoms with Crippen molar-refractivity contribution >= 4 is 27.7 Å². The Labute approximate surface area is 154 Å². The molecule has 1 amide bonds. The zero-order chi connectivity index (χ0) is 18.8. The number of terminal acetylenes is 1. The average Bonchev–Trinajstić information content (AvgIpc) is 3.17. The van der Waals surface area contributed by atoms with Crippen molar-refractivity contribution in [1.82, 2.24) is 25.1 Å². The summed E-state index contributed by atoms with van der Waals surface area (Å²) in [7, 11) is 0. The van der Waals surface area contributed by atoms with Crippen molar-refractivity contribution in [3.8, 4) is 12.3 Å². The van der Waals surface area contributed by atoms with E-state index >= 15 is 0 Å². The number of nitrogens with zero attached hydrogens (tertiary/aromatic N) is 3. The molecule has 0 saturated carbocycles. The lowest BCUT2D eigenvalue weighted by molar-refractivity contribution is 0.0950. The Morgan fingerprint density at radius 1 is 1.22 bits per heavy atom. The minimum atomic E-state index is -0.247. The summed E-state index contributed by atoms with van der Waals surface area (Å²) in [5, 5.41) is 8.39. The van der Waals surface area contributed by atoms with Gasteiger partial charge >= 0.3 is 0 Å². The second kappa shape index (κ2) is 6.77. The van der Waals surface area contributed by atoms with Crippen LogP contribution in [0.3, 0.4) is 0 Å². The number of hydrogen-bond donors (Lipinski definition) is 2. The van der Waals surface area contributed by atoms with Gasteiger partial charge in [-0.05, 0) is 24.3 Å². The lowest BCUT2D eigenvalue weighted by atomic mass is 10.1. The van der Waals surface area contributed by atoms with Crippen molar-refractivity contribution in [2.75, 3.05) is 0 Å². The van der Waals surface area contributed by atoms with Crippen molar-refractivity contribution in [3.63, 3.8) is 0 Å². The van der Waals surface area contributed by atoms with E-state index < -0.39 is 0 Å². The van der Waals surface area contributed by atoms with E-state index in [1.54, 1.807) is 36.7 Å². The van der Waals surface area contributed by atoms with E-state index in [1.807, 2.05) is 12.1 Å². The lowest BCUT2D eigenvalue weighted by Crippen LogP contribution is -2.28. The normalized spacial score (nSPS) is 10.8. The van der Waals surface area contributed by atoms with Gasteiger partial charge in [-0.2, -0.15) is 5.10 Å². The van der Waals surface area contributed by atoms with Crippen LogP contribution in [-0.4, -0.2) is 25.7 Å². The van der Waals surface area contributed by atoms with Gasteiger partial charge in [0.1, 0.15) is 6.54 Å². The van der Waals surface area contributed by atoms with Crippen LogP contribution in [0.2, 0.25) is 0 Å². The molecule has 0 aliphatic carbocycles. The maximum Gasteiger partial charge on any atom is 0.275 e. The van der Waals surface area contributed by atoms with Gasteiger partial charge in [0.25, 0.3) is 11.5 Å². The van der Waals surface area contributed by atoms with E-state index in [0.717, 1.165) is 11.0 Å². The van der Waals surface area contributed by atoms with E-state index in [2.05, 4.69) is 26.3 Å². The van der Waals surface area contributed by atoms with Gasteiger partial charge in [-0.15, -0.1) is 6.42 Å². The van der Waals surface area contributed by atoms with Gasteiger partial charge in [-0.3, -0.25) is 9.59 Å². The van der Waals surface area contributed by atoms with Crippen molar-refractivity contribution in [2.24, 2.45) is 0 Å². The fraction of sp³-hybridized carbons (Fsp3) is 0.100. The van der Waals surface area contributed by atoms with Crippen LogP contribution in [0.4, 0.5) is 0 Å². The van der Waals surface area contributed by atoms with Crippen molar-refractivity contribution in [1.29, 1.82) is 0 Å². The third-order valence-electron chi connectivity index (χ3n) is 4.28. The number of amides is 1. The molecule has 2 aromatic heterocycles. The average molecular weight is 357 g/mol. The summed E-state index contributed by atoms with van der Waals surface area (Å²) in [6.07, 6.45) is 6.91. The highest BCUT2D eigenvalue weighted by molar-refractivity contribution is 5.97. The summed E-state index contributed by atoms with van der Waals surface area (Å²) in [5.41, 5.74) is 2.42. The van der Waals surface area contributed by atoms with Crippen LogP contribution in [0, 0.1) is 12.3 Å². The molecule has 0 spiro atoms. The number of hydrogen-bond acceptors (Lipinski definition) is 4. The molecule has 2 aromatic carbocycles. The van der Waals surface area contributed by atoms with E-state index in [4.69, 9.17) is 6.42 Å². The molecule has 0 unspecified atom stereocenters. The molecule has 7 nitrogen and oxygen atoms in total. The van der Waals surface area contributed by atoms with E-state index in [0.29, 0.717) is 22.0 Å². The van der Waals surface area contributed by atoms with Crippen LogP contribution >= 0.6 is 0 Å². The lowest BCUT2D eigenvalue weighted by Gasteiger charge is -2.10. The summed E-state index contributed by atoms with van der Waals surface area (Å²) < 4.78 is 1.24. The molecule has 0 radical (unpaired) electrons. The minimum Gasteiger partial charge on any atom is -0.346 e. The van der Waals surface area contributed by atoms with Gasteiger partial charge in [0, 0.05) is 10.9 Å². The van der Waals surface area contributed by atoms with Gasteiger partial charge in [-0.25, -0.2) is 9.67 Å². The zero-order valence-electron chi connectivity index (χ0n) is 14.3. The Morgan fingerprint density at radius 2 is 2.04 bits per heavy atom. The number of rotatable bonds is 4. The van der Waals surface area contributed by atoms with Gasteiger partial charge in [0.15, 0.2) is 0 Å². The molecule has 7 heteroatoms. The first kappa shape index (κ1) is 16.5. The smallest absolute Gasteiger partial charge is 0.275 e. The molecule has 0 aliphatic heterocycles. The van der Waals surface area contributed by atoms with Crippen LogP contribution in [-0.2, 0) is 13.1 Å². The number of aromatic nitrogens is 4. The largest absolute Gasteiger partial charge is 0.346 e. The molecule has 0 aliphatic rings. The highest BCUT2D eigenvalue weighted by atomic mass is 16.1. The molecular formula is C20H15N5O2. The summed E-state index contributed by atoms with van der Waals surface area (Å²) in [5.74, 6) is 2.18. The van der Waals surface area contributed by atoms with E-state index in [-0.39, 0.29) is 24.6 Å². The molecule has 0 bridgehead atoms. The molecule has 2 N–H and O–H groups in total. The molecule has 4 aromatic rings. The first-order valence-corrected chi connectivity index (χ1v) is 8.31. The van der Waals surface area contributed by atoms with Gasteiger partial charge < -0.3 is 10.3 Å². The van der Waals surface area contributed by atoms with E-state index in [9.17, 15) is 9.59 Å². The van der Waals surface area contributed by atoms with Crippen molar-refractivity contribution < 1.29 is 4.79 Å². The Hall–Kier alpha value is -3.92. The van der Waals surface area contributed by atoms with Crippen molar-refractivity contribution in [2.45, 2.75) is 13.1 Å². The molecule has 0 saturated heterocycles. The molecule has 0 atom stereocenters. The summed E-state index contributed by atoms with van der Waals surface area (Å²) in [6.45, 7) is 0.242. The maximum absolute atomic E-state index is 12.5. The fourth-order valence-electron chi connectivity index (χ4n) is 2.97. The zero-order valence-corrected chi connectivity index (χ0v) is 14.3. The van der Waals surface area contributed by atoms with Gasteiger partial charge in [0.05, 0.1) is 35.0 Å². The predicted octanol–water partition coefficient (Wildman–Crippen LogP) is 1.84. The fourth-order valence-corrected chi connectivity index (χ4v) is 2.97. The number of carbonyl (C=O) groups excluding carboxylic acids is 1. The second-order valence-electron chi connectivity index (χ2n) is 5.98. The van der Waals surface area contributed by atoms with Crippen LogP contribution < -0.4 is 10.9 Å². The quantitative estimate of drug-likeness (QED) is 0.545. The highest BCUT2D eigenvalue weighted by Crippen LogP contribution is 2.14. The van der Waals surface area contributed by atoms with Crippen LogP contribution in [0.5, 0.6) is 0 Å². The third-order valence-corrected chi connectivity index (χ3v) is 4.28. The Kier molecular flexibility index (Phi) is 4.15. The Balaban J connectivity index is 1.64.